The van der Waals surface area contributed by atoms with E-state index in [2.05, 4.69) is 27.3 Å². The molecule has 0 amide bonds. The molecule has 0 saturated heterocycles. The van der Waals surface area contributed by atoms with Gasteiger partial charge in [-0.1, -0.05) is 6.92 Å². The molecule has 0 aliphatic heterocycles. The summed E-state index contributed by atoms with van der Waals surface area (Å²) < 4.78 is 7.75. The van der Waals surface area contributed by atoms with E-state index in [4.69, 9.17) is 4.74 Å². The second-order valence-electron chi connectivity index (χ2n) is 4.34. The molecular weight excluding hydrogens is 242 g/mol. The number of anilines is 1. The Labute approximate surface area is 112 Å². The Balaban J connectivity index is 2.43. The van der Waals surface area contributed by atoms with E-state index < -0.39 is 0 Å². The Hall–Kier alpha value is -2.11. The summed E-state index contributed by atoms with van der Waals surface area (Å²) in [7, 11) is 3.74. The third-order valence-electron chi connectivity index (χ3n) is 3.14. The molecule has 0 aromatic carbocycles. The van der Waals surface area contributed by atoms with Gasteiger partial charge in [0.15, 0.2) is 5.75 Å². The summed E-state index contributed by atoms with van der Waals surface area (Å²) in [6.45, 7) is 5.95. The second-order valence-corrected chi connectivity index (χ2v) is 4.34. The van der Waals surface area contributed by atoms with Crippen molar-refractivity contribution in [2.75, 3.05) is 12.4 Å². The normalized spacial score (nSPS) is 10.6. The van der Waals surface area contributed by atoms with Gasteiger partial charge in [-0.2, -0.15) is 5.10 Å². The minimum absolute atomic E-state index is 0.584. The van der Waals surface area contributed by atoms with Gasteiger partial charge in [0.1, 0.15) is 17.8 Å². The van der Waals surface area contributed by atoms with Crippen molar-refractivity contribution in [2.45, 2.75) is 27.2 Å². The van der Waals surface area contributed by atoms with Crippen LogP contribution < -0.4 is 10.1 Å². The highest BCUT2D eigenvalue weighted by molar-refractivity contribution is 5.50. The Kier molecular flexibility index (Phi) is 3.69. The lowest BCUT2D eigenvalue weighted by Crippen LogP contribution is -2.03. The molecule has 0 aliphatic rings. The monoisotopic (exact) mass is 261 g/mol. The number of hydrogen-bond acceptors (Lipinski definition) is 5. The van der Waals surface area contributed by atoms with Crippen molar-refractivity contribution in [1.29, 1.82) is 0 Å². The molecule has 102 valence electrons. The van der Waals surface area contributed by atoms with Gasteiger partial charge in [0.05, 0.1) is 11.3 Å². The van der Waals surface area contributed by atoms with E-state index >= 15 is 0 Å². The van der Waals surface area contributed by atoms with Crippen LogP contribution in [0.2, 0.25) is 0 Å². The standard InChI is InChI=1S/C13H19N5O/c1-6-10-12(14-4)15-7-16-13(10)19-11-8(2)17-18(5)9(11)3/h7H,6H2,1-5H3,(H,14,15,16). The van der Waals surface area contributed by atoms with Crippen molar-refractivity contribution in [3.05, 3.63) is 23.3 Å². The van der Waals surface area contributed by atoms with Crippen LogP contribution in [0, 0.1) is 13.8 Å². The number of nitrogens with one attached hydrogen (secondary N) is 1. The van der Waals surface area contributed by atoms with E-state index in [0.717, 1.165) is 34.9 Å². The lowest BCUT2D eigenvalue weighted by atomic mass is 10.2. The summed E-state index contributed by atoms with van der Waals surface area (Å²) in [5.74, 6) is 2.14. The Morgan fingerprint density at radius 3 is 2.58 bits per heavy atom. The summed E-state index contributed by atoms with van der Waals surface area (Å²) in [6, 6.07) is 0. The SMILES string of the molecule is CCc1c(NC)ncnc1Oc1c(C)nn(C)c1C. The lowest BCUT2D eigenvalue weighted by molar-refractivity contribution is 0.448. The third kappa shape index (κ3) is 2.38. The molecule has 0 spiro atoms. The fraction of sp³-hybridized carbons (Fsp3) is 0.462. The highest BCUT2D eigenvalue weighted by Gasteiger charge is 2.16. The number of aryl methyl sites for hydroxylation is 2. The van der Waals surface area contributed by atoms with Crippen LogP contribution in [-0.4, -0.2) is 26.8 Å². The van der Waals surface area contributed by atoms with Crippen LogP contribution in [0.25, 0.3) is 0 Å². The predicted molar refractivity (Wildman–Crippen MR) is 73.7 cm³/mol. The van der Waals surface area contributed by atoms with Crippen molar-refractivity contribution < 1.29 is 4.74 Å². The lowest BCUT2D eigenvalue weighted by Gasteiger charge is -2.11. The Morgan fingerprint density at radius 1 is 1.32 bits per heavy atom. The van der Waals surface area contributed by atoms with Crippen molar-refractivity contribution in [3.63, 3.8) is 0 Å². The zero-order valence-corrected chi connectivity index (χ0v) is 12.0. The van der Waals surface area contributed by atoms with Crippen LogP contribution in [0.3, 0.4) is 0 Å². The molecule has 0 aliphatic carbocycles. The average Bonchev–Trinajstić information content (AvgIpc) is 2.65. The van der Waals surface area contributed by atoms with E-state index in [9.17, 15) is 0 Å². The molecule has 0 atom stereocenters. The van der Waals surface area contributed by atoms with E-state index in [1.165, 1.54) is 6.33 Å². The molecule has 2 rings (SSSR count). The van der Waals surface area contributed by atoms with Gasteiger partial charge in [0.2, 0.25) is 5.88 Å². The minimum atomic E-state index is 0.584. The van der Waals surface area contributed by atoms with E-state index in [1.807, 2.05) is 27.9 Å². The highest BCUT2D eigenvalue weighted by atomic mass is 16.5. The number of nitrogens with zero attached hydrogens (tertiary/aromatic N) is 4. The number of aromatic nitrogens is 4. The van der Waals surface area contributed by atoms with Gasteiger partial charge < -0.3 is 10.1 Å². The summed E-state index contributed by atoms with van der Waals surface area (Å²) in [6.07, 6.45) is 2.30. The maximum Gasteiger partial charge on any atom is 0.227 e. The molecular formula is C13H19N5O. The van der Waals surface area contributed by atoms with Gasteiger partial charge >= 0.3 is 0 Å². The fourth-order valence-electron chi connectivity index (χ4n) is 2.02. The molecule has 2 aromatic heterocycles. The van der Waals surface area contributed by atoms with E-state index in [0.29, 0.717) is 5.88 Å². The summed E-state index contributed by atoms with van der Waals surface area (Å²) in [5, 5.41) is 7.39. The molecule has 6 heteroatoms. The molecule has 6 nitrogen and oxygen atoms in total. The summed E-state index contributed by atoms with van der Waals surface area (Å²) >= 11 is 0. The Bertz CT molecular complexity index is 591. The van der Waals surface area contributed by atoms with Gasteiger partial charge in [-0.25, -0.2) is 9.97 Å². The van der Waals surface area contributed by atoms with Crippen LogP contribution in [0.15, 0.2) is 6.33 Å². The van der Waals surface area contributed by atoms with Gasteiger partial charge in [-0.05, 0) is 20.3 Å². The van der Waals surface area contributed by atoms with E-state index in [-0.39, 0.29) is 0 Å². The van der Waals surface area contributed by atoms with Gasteiger partial charge in [0, 0.05) is 14.1 Å². The molecule has 0 saturated carbocycles. The fourth-order valence-corrected chi connectivity index (χ4v) is 2.02. The van der Waals surface area contributed by atoms with Crippen molar-refractivity contribution in [3.8, 4) is 11.6 Å². The predicted octanol–water partition coefficient (Wildman–Crippen LogP) is 2.22. The van der Waals surface area contributed by atoms with Crippen molar-refractivity contribution in [1.82, 2.24) is 19.7 Å². The van der Waals surface area contributed by atoms with Crippen LogP contribution in [0.5, 0.6) is 11.6 Å². The first-order chi connectivity index (χ1) is 9.08. The second kappa shape index (κ2) is 5.26. The zero-order valence-electron chi connectivity index (χ0n) is 12.0. The average molecular weight is 261 g/mol. The topological polar surface area (TPSA) is 64.9 Å². The number of ether oxygens (including phenoxy) is 1. The number of rotatable bonds is 4. The molecule has 1 N–H and O–H groups in total. The van der Waals surface area contributed by atoms with Crippen LogP contribution in [0.4, 0.5) is 5.82 Å². The summed E-state index contributed by atoms with van der Waals surface area (Å²) in [5.41, 5.74) is 2.79. The smallest absolute Gasteiger partial charge is 0.227 e. The molecule has 0 radical (unpaired) electrons. The highest BCUT2D eigenvalue weighted by Crippen LogP contribution is 2.31. The van der Waals surface area contributed by atoms with Crippen LogP contribution in [-0.2, 0) is 13.5 Å². The largest absolute Gasteiger partial charge is 0.435 e. The van der Waals surface area contributed by atoms with Gasteiger partial charge in [0.25, 0.3) is 0 Å². The molecule has 0 unspecified atom stereocenters. The number of hydrogen-bond donors (Lipinski definition) is 1. The van der Waals surface area contributed by atoms with Crippen molar-refractivity contribution in [2.24, 2.45) is 7.05 Å². The van der Waals surface area contributed by atoms with Crippen LogP contribution in [0.1, 0.15) is 23.9 Å². The van der Waals surface area contributed by atoms with Crippen LogP contribution >= 0.6 is 0 Å². The quantitative estimate of drug-likeness (QED) is 0.914. The zero-order chi connectivity index (χ0) is 14.0. The van der Waals surface area contributed by atoms with Gasteiger partial charge in [-0.15, -0.1) is 0 Å². The maximum absolute atomic E-state index is 5.95. The first-order valence-electron chi connectivity index (χ1n) is 6.28. The maximum atomic E-state index is 5.95. The van der Waals surface area contributed by atoms with Gasteiger partial charge in [-0.3, -0.25) is 4.68 Å². The first-order valence-corrected chi connectivity index (χ1v) is 6.28. The Morgan fingerprint density at radius 2 is 2.05 bits per heavy atom. The molecule has 0 bridgehead atoms. The molecule has 2 heterocycles. The van der Waals surface area contributed by atoms with Crippen molar-refractivity contribution >= 4 is 5.82 Å². The minimum Gasteiger partial charge on any atom is -0.435 e. The van der Waals surface area contributed by atoms with E-state index in [1.54, 1.807) is 4.68 Å². The summed E-state index contributed by atoms with van der Waals surface area (Å²) in [4.78, 5) is 8.43. The molecule has 0 fully saturated rings. The molecule has 2 aromatic rings. The first kappa shape index (κ1) is 13.3. The third-order valence-corrected chi connectivity index (χ3v) is 3.14. The molecule has 19 heavy (non-hydrogen) atoms.